The van der Waals surface area contributed by atoms with Crippen LogP contribution in [0.25, 0.3) is 0 Å². The van der Waals surface area contributed by atoms with E-state index in [1.165, 1.54) is 28.6 Å². The van der Waals surface area contributed by atoms with Crippen LogP contribution in [-0.2, 0) is 10.0 Å². The predicted molar refractivity (Wildman–Crippen MR) is 72.5 cm³/mol. The molecule has 20 heavy (non-hydrogen) atoms. The summed E-state index contributed by atoms with van der Waals surface area (Å²) in [6.45, 7) is 5.10. The Morgan fingerprint density at radius 1 is 1.15 bits per heavy atom. The topological polar surface area (TPSA) is 77.5 Å². The summed E-state index contributed by atoms with van der Waals surface area (Å²) in [6, 6.07) is 5.17. The molecule has 1 aliphatic rings. The Morgan fingerprint density at radius 2 is 1.65 bits per heavy atom. The van der Waals surface area contributed by atoms with Crippen LogP contribution in [0.3, 0.4) is 0 Å². The normalized spacial score (nSPS) is 24.5. The molecule has 0 aromatic heterocycles. The van der Waals surface area contributed by atoms with Gasteiger partial charge in [-0.2, -0.15) is 4.31 Å². The lowest BCUT2D eigenvalue weighted by Crippen LogP contribution is -2.42. The highest BCUT2D eigenvalue weighted by atomic mass is 32.2. The minimum Gasteiger partial charge on any atom is -0.545 e. The highest BCUT2D eigenvalue weighted by Gasteiger charge is 2.31. The number of carboxylic acid groups (broad SMARTS) is 1. The van der Waals surface area contributed by atoms with Gasteiger partial charge in [0.25, 0.3) is 0 Å². The standard InChI is InChI=1S/C14H19NO4S/c1-10-7-11(2)9-15(8-10)20(18,19)13-5-3-12(4-6-13)14(16)17/h3-6,10-11H,7-9H2,1-2H3,(H,16,17)/p-1/t10-,11-/m1/s1. The zero-order valence-corrected chi connectivity index (χ0v) is 12.4. The molecule has 0 saturated carbocycles. The van der Waals surface area contributed by atoms with Gasteiger partial charge in [0.1, 0.15) is 0 Å². The Labute approximate surface area is 119 Å². The summed E-state index contributed by atoms with van der Waals surface area (Å²) in [5.74, 6) is -0.652. The fraction of sp³-hybridized carbons (Fsp3) is 0.500. The van der Waals surface area contributed by atoms with Gasteiger partial charge in [-0.3, -0.25) is 0 Å². The molecular weight excluding hydrogens is 278 g/mol. The first-order valence-electron chi connectivity index (χ1n) is 6.62. The first-order chi connectivity index (χ1) is 9.30. The van der Waals surface area contributed by atoms with E-state index in [0.717, 1.165) is 6.42 Å². The second kappa shape index (κ2) is 5.54. The average molecular weight is 296 g/mol. The molecule has 2 atom stereocenters. The van der Waals surface area contributed by atoms with Gasteiger partial charge < -0.3 is 9.90 Å². The summed E-state index contributed by atoms with van der Waals surface area (Å²) in [5.41, 5.74) is -0.0238. The predicted octanol–water partition coefficient (Wildman–Crippen LogP) is 0.717. The molecule has 0 spiro atoms. The Kier molecular flexibility index (Phi) is 4.15. The van der Waals surface area contributed by atoms with Crippen molar-refractivity contribution in [3.05, 3.63) is 29.8 Å². The van der Waals surface area contributed by atoms with Gasteiger partial charge in [-0.05, 0) is 36.0 Å². The minimum absolute atomic E-state index is 0.0238. The number of rotatable bonds is 3. The zero-order chi connectivity index (χ0) is 14.9. The Morgan fingerprint density at radius 3 is 2.10 bits per heavy atom. The van der Waals surface area contributed by atoms with E-state index in [4.69, 9.17) is 0 Å². The minimum atomic E-state index is -3.55. The zero-order valence-electron chi connectivity index (χ0n) is 11.6. The van der Waals surface area contributed by atoms with Gasteiger partial charge in [0.2, 0.25) is 10.0 Å². The Hall–Kier alpha value is -1.40. The van der Waals surface area contributed by atoms with Crippen molar-refractivity contribution < 1.29 is 18.3 Å². The Bertz CT molecular complexity index is 584. The lowest BCUT2D eigenvalue weighted by molar-refractivity contribution is -0.255. The van der Waals surface area contributed by atoms with Crippen LogP contribution in [0.1, 0.15) is 30.6 Å². The Balaban J connectivity index is 2.27. The second-order valence-electron chi connectivity index (χ2n) is 5.58. The van der Waals surface area contributed by atoms with Gasteiger partial charge in [0.05, 0.1) is 10.9 Å². The van der Waals surface area contributed by atoms with E-state index in [1.54, 1.807) is 0 Å². The highest BCUT2D eigenvalue weighted by molar-refractivity contribution is 7.89. The van der Waals surface area contributed by atoms with Crippen LogP contribution in [0.5, 0.6) is 0 Å². The molecule has 1 fully saturated rings. The average Bonchev–Trinajstić information content (AvgIpc) is 2.37. The van der Waals surface area contributed by atoms with Crippen LogP contribution in [0.15, 0.2) is 29.2 Å². The van der Waals surface area contributed by atoms with E-state index in [0.29, 0.717) is 24.9 Å². The summed E-state index contributed by atoms with van der Waals surface area (Å²) in [4.78, 5) is 10.8. The van der Waals surface area contributed by atoms with Gasteiger partial charge in [0, 0.05) is 13.1 Å². The van der Waals surface area contributed by atoms with Crippen molar-refractivity contribution in [2.75, 3.05) is 13.1 Å². The lowest BCUT2D eigenvalue weighted by Gasteiger charge is -2.34. The third-order valence-electron chi connectivity index (χ3n) is 3.56. The molecule has 0 unspecified atom stereocenters. The van der Waals surface area contributed by atoms with Crippen molar-refractivity contribution in [2.45, 2.75) is 25.2 Å². The molecule has 1 aromatic carbocycles. The number of hydrogen-bond donors (Lipinski definition) is 0. The lowest BCUT2D eigenvalue weighted by atomic mass is 9.94. The molecular formula is C14H18NO4S-. The number of nitrogens with zero attached hydrogens (tertiary/aromatic N) is 1. The molecule has 0 aliphatic carbocycles. The molecule has 0 amide bonds. The first-order valence-corrected chi connectivity index (χ1v) is 8.06. The molecule has 1 aliphatic heterocycles. The van der Waals surface area contributed by atoms with Gasteiger partial charge in [0.15, 0.2) is 0 Å². The number of aromatic carboxylic acids is 1. The van der Waals surface area contributed by atoms with Crippen LogP contribution in [0, 0.1) is 11.8 Å². The van der Waals surface area contributed by atoms with Gasteiger partial charge in [-0.1, -0.05) is 26.0 Å². The number of carbonyl (C=O) groups is 1. The molecule has 0 radical (unpaired) electrons. The molecule has 0 bridgehead atoms. The highest BCUT2D eigenvalue weighted by Crippen LogP contribution is 2.26. The van der Waals surface area contributed by atoms with E-state index in [-0.39, 0.29) is 10.5 Å². The number of piperidine rings is 1. The summed E-state index contributed by atoms with van der Waals surface area (Å²) >= 11 is 0. The van der Waals surface area contributed by atoms with Crippen LogP contribution in [0.4, 0.5) is 0 Å². The number of hydrogen-bond acceptors (Lipinski definition) is 4. The molecule has 110 valence electrons. The first kappa shape index (κ1) is 15.0. The van der Waals surface area contributed by atoms with E-state index in [2.05, 4.69) is 0 Å². The maximum absolute atomic E-state index is 12.5. The number of carboxylic acids is 1. The fourth-order valence-corrected chi connectivity index (χ4v) is 4.39. The summed E-state index contributed by atoms with van der Waals surface area (Å²) < 4.78 is 26.5. The maximum atomic E-state index is 12.5. The number of sulfonamides is 1. The number of benzene rings is 1. The van der Waals surface area contributed by atoms with Gasteiger partial charge in [-0.25, -0.2) is 8.42 Å². The molecule has 1 aromatic rings. The molecule has 1 heterocycles. The smallest absolute Gasteiger partial charge is 0.243 e. The third kappa shape index (κ3) is 3.02. The second-order valence-corrected chi connectivity index (χ2v) is 7.52. The molecule has 6 heteroatoms. The largest absolute Gasteiger partial charge is 0.545 e. The summed E-state index contributed by atoms with van der Waals surface area (Å²) in [5, 5.41) is 10.7. The van der Waals surface area contributed by atoms with Crippen molar-refractivity contribution >= 4 is 16.0 Å². The van der Waals surface area contributed by atoms with Crippen molar-refractivity contribution in [3.8, 4) is 0 Å². The quantitative estimate of drug-likeness (QED) is 0.823. The summed E-state index contributed by atoms with van der Waals surface area (Å²) in [7, 11) is -3.55. The van der Waals surface area contributed by atoms with E-state index >= 15 is 0 Å². The van der Waals surface area contributed by atoms with Crippen molar-refractivity contribution in [3.63, 3.8) is 0 Å². The molecule has 2 rings (SSSR count). The summed E-state index contributed by atoms with van der Waals surface area (Å²) in [6.07, 6.45) is 1.02. The molecule has 5 nitrogen and oxygen atoms in total. The molecule has 1 saturated heterocycles. The van der Waals surface area contributed by atoms with Crippen LogP contribution < -0.4 is 5.11 Å². The van der Waals surface area contributed by atoms with Crippen molar-refractivity contribution in [2.24, 2.45) is 11.8 Å². The molecule has 0 N–H and O–H groups in total. The maximum Gasteiger partial charge on any atom is 0.243 e. The fourth-order valence-electron chi connectivity index (χ4n) is 2.71. The third-order valence-corrected chi connectivity index (χ3v) is 5.41. The van der Waals surface area contributed by atoms with Crippen LogP contribution >= 0.6 is 0 Å². The SMILES string of the molecule is C[C@@H]1C[C@@H](C)CN(S(=O)(=O)c2ccc(C(=O)[O-])cc2)C1. The van der Waals surface area contributed by atoms with Crippen molar-refractivity contribution in [1.82, 2.24) is 4.31 Å². The van der Waals surface area contributed by atoms with Crippen LogP contribution in [0.2, 0.25) is 0 Å². The monoisotopic (exact) mass is 296 g/mol. The van der Waals surface area contributed by atoms with E-state index in [9.17, 15) is 18.3 Å². The van der Waals surface area contributed by atoms with Gasteiger partial charge in [-0.15, -0.1) is 0 Å². The van der Waals surface area contributed by atoms with Crippen LogP contribution in [-0.4, -0.2) is 31.8 Å². The van der Waals surface area contributed by atoms with E-state index < -0.39 is 16.0 Å². The van der Waals surface area contributed by atoms with Crippen molar-refractivity contribution in [1.29, 1.82) is 0 Å². The van der Waals surface area contributed by atoms with Gasteiger partial charge >= 0.3 is 0 Å². The number of carbonyl (C=O) groups excluding carboxylic acids is 1. The van der Waals surface area contributed by atoms with E-state index in [1.807, 2.05) is 13.8 Å².